The molecule has 166 valence electrons. The zero-order chi connectivity index (χ0) is 23.0. The molecule has 0 bridgehead atoms. The lowest BCUT2D eigenvalue weighted by Gasteiger charge is -2.23. The molecule has 1 atom stereocenters. The first-order valence-corrected chi connectivity index (χ1v) is 11.4. The van der Waals surface area contributed by atoms with Gasteiger partial charge in [-0.2, -0.15) is 5.26 Å². The molecular formula is C21H25N3O6S. The molecule has 0 heterocycles. The highest BCUT2D eigenvalue weighted by atomic mass is 32.2. The summed E-state index contributed by atoms with van der Waals surface area (Å²) in [4.78, 5) is 12.7. The molecule has 2 N–H and O–H groups in total. The van der Waals surface area contributed by atoms with Gasteiger partial charge in [-0.15, -0.1) is 0 Å². The zero-order valence-corrected chi connectivity index (χ0v) is 18.6. The van der Waals surface area contributed by atoms with E-state index < -0.39 is 22.0 Å². The van der Waals surface area contributed by atoms with E-state index in [0.29, 0.717) is 36.0 Å². The number of carbonyl (C=O) groups is 1. The second-order valence-corrected chi connectivity index (χ2v) is 8.16. The van der Waals surface area contributed by atoms with Crippen molar-refractivity contribution in [2.24, 2.45) is 0 Å². The Kier molecular flexibility index (Phi) is 8.10. The number of hydrogen-bond acceptors (Lipinski definition) is 8. The van der Waals surface area contributed by atoms with Crippen molar-refractivity contribution in [2.45, 2.75) is 19.9 Å². The van der Waals surface area contributed by atoms with Crippen LogP contribution in [0.2, 0.25) is 0 Å². The van der Waals surface area contributed by atoms with Crippen LogP contribution in [-0.4, -0.2) is 41.0 Å². The van der Waals surface area contributed by atoms with Crippen LogP contribution in [-0.2, 0) is 19.6 Å². The van der Waals surface area contributed by atoms with Crippen LogP contribution in [0, 0.1) is 11.3 Å². The molecule has 1 unspecified atom stereocenters. The predicted octanol–water partition coefficient (Wildman–Crippen LogP) is 3.05. The first-order valence-electron chi connectivity index (χ1n) is 9.48. The third-order valence-electron chi connectivity index (χ3n) is 4.08. The summed E-state index contributed by atoms with van der Waals surface area (Å²) in [5.74, 6) is 0.0442. The maximum Gasteiger partial charge on any atom is 0.333 e. The van der Waals surface area contributed by atoms with Gasteiger partial charge in [0.25, 0.3) is 0 Å². The van der Waals surface area contributed by atoms with Gasteiger partial charge in [0.15, 0.2) is 17.5 Å². The van der Waals surface area contributed by atoms with Crippen LogP contribution in [0.25, 0.3) is 0 Å². The summed E-state index contributed by atoms with van der Waals surface area (Å²) >= 11 is 0. The number of anilines is 2. The lowest BCUT2D eigenvalue weighted by molar-refractivity contribution is -0.141. The molecule has 10 heteroatoms. The molecule has 31 heavy (non-hydrogen) atoms. The maximum absolute atomic E-state index is 12.7. The van der Waals surface area contributed by atoms with Gasteiger partial charge < -0.3 is 19.5 Å². The minimum Gasteiger partial charge on any atom is -0.490 e. The Morgan fingerprint density at radius 2 is 1.68 bits per heavy atom. The van der Waals surface area contributed by atoms with Gasteiger partial charge in [0.05, 0.1) is 43.9 Å². The normalized spacial score (nSPS) is 11.7. The molecule has 0 aliphatic heterocycles. The fraction of sp³-hybridized carbons (Fsp3) is 0.333. The number of nitrogens with zero attached hydrogens (tertiary/aromatic N) is 1. The quantitative estimate of drug-likeness (QED) is 0.532. The van der Waals surface area contributed by atoms with Crippen molar-refractivity contribution in [3.05, 3.63) is 47.5 Å². The standard InChI is InChI=1S/C21H25N3O6S/c1-5-29-18-11-16(17(24-31(4,26)27)12-19(18)30-6-2)20(21(25)28-3)23-15-9-7-14(13-22)8-10-15/h7-12,20,23-24H,5-6H2,1-4H3. The van der Waals surface area contributed by atoms with E-state index in [1.165, 1.54) is 13.2 Å². The van der Waals surface area contributed by atoms with Crippen LogP contribution in [0.1, 0.15) is 31.0 Å². The van der Waals surface area contributed by atoms with Gasteiger partial charge in [0, 0.05) is 17.3 Å². The Morgan fingerprint density at radius 1 is 1.10 bits per heavy atom. The van der Waals surface area contributed by atoms with Crippen LogP contribution in [0.5, 0.6) is 11.5 Å². The molecular weight excluding hydrogens is 422 g/mol. The molecule has 0 aliphatic carbocycles. The smallest absolute Gasteiger partial charge is 0.333 e. The van der Waals surface area contributed by atoms with Gasteiger partial charge in [0.2, 0.25) is 10.0 Å². The van der Waals surface area contributed by atoms with E-state index in [4.69, 9.17) is 19.5 Å². The molecule has 0 radical (unpaired) electrons. The highest BCUT2D eigenvalue weighted by Gasteiger charge is 2.27. The van der Waals surface area contributed by atoms with E-state index in [1.54, 1.807) is 44.2 Å². The number of methoxy groups -OCH3 is 1. The SMILES string of the molecule is CCOc1cc(NS(C)(=O)=O)c(C(Nc2ccc(C#N)cc2)C(=O)OC)cc1OCC. The lowest BCUT2D eigenvalue weighted by atomic mass is 10.0. The van der Waals surface area contributed by atoms with Gasteiger partial charge in [-0.1, -0.05) is 0 Å². The Bertz CT molecular complexity index is 1060. The Morgan fingerprint density at radius 3 is 2.16 bits per heavy atom. The average Bonchev–Trinajstić information content (AvgIpc) is 2.73. The van der Waals surface area contributed by atoms with E-state index in [-0.39, 0.29) is 11.3 Å². The van der Waals surface area contributed by atoms with Crippen molar-refractivity contribution in [1.29, 1.82) is 5.26 Å². The number of ether oxygens (including phenoxy) is 3. The summed E-state index contributed by atoms with van der Waals surface area (Å²) in [7, 11) is -2.43. The molecule has 0 saturated carbocycles. The van der Waals surface area contributed by atoms with Crippen LogP contribution >= 0.6 is 0 Å². The molecule has 2 aromatic rings. The molecule has 0 aromatic heterocycles. The minimum absolute atomic E-state index is 0.144. The molecule has 2 rings (SSSR count). The van der Waals surface area contributed by atoms with Crippen molar-refractivity contribution in [2.75, 3.05) is 36.6 Å². The highest BCUT2D eigenvalue weighted by Crippen LogP contribution is 2.38. The highest BCUT2D eigenvalue weighted by molar-refractivity contribution is 7.92. The summed E-state index contributed by atoms with van der Waals surface area (Å²) in [5.41, 5.74) is 1.42. The van der Waals surface area contributed by atoms with Crippen LogP contribution < -0.4 is 19.5 Å². The molecule has 0 spiro atoms. The van der Waals surface area contributed by atoms with Gasteiger partial charge in [-0.25, -0.2) is 13.2 Å². The number of benzene rings is 2. The maximum atomic E-state index is 12.7. The van der Waals surface area contributed by atoms with E-state index in [9.17, 15) is 13.2 Å². The Balaban J connectivity index is 2.63. The number of sulfonamides is 1. The first kappa shape index (κ1) is 23.8. The Labute approximate surface area is 182 Å². The van der Waals surface area contributed by atoms with E-state index in [2.05, 4.69) is 10.0 Å². The number of nitriles is 1. The predicted molar refractivity (Wildman–Crippen MR) is 117 cm³/mol. The van der Waals surface area contributed by atoms with Gasteiger partial charge >= 0.3 is 5.97 Å². The number of esters is 1. The van der Waals surface area contributed by atoms with Crippen LogP contribution in [0.15, 0.2) is 36.4 Å². The summed E-state index contributed by atoms with van der Waals surface area (Å²) in [5, 5.41) is 12.0. The first-order chi connectivity index (χ1) is 14.7. The molecule has 0 fully saturated rings. The fourth-order valence-electron chi connectivity index (χ4n) is 2.83. The van der Waals surface area contributed by atoms with Crippen molar-refractivity contribution in [1.82, 2.24) is 0 Å². The number of rotatable bonds is 10. The molecule has 0 saturated heterocycles. The third-order valence-corrected chi connectivity index (χ3v) is 4.67. The van der Waals surface area contributed by atoms with E-state index in [1.807, 2.05) is 6.07 Å². The van der Waals surface area contributed by atoms with Gasteiger partial charge in [0.1, 0.15) is 0 Å². The zero-order valence-electron chi connectivity index (χ0n) is 17.8. The third kappa shape index (κ3) is 6.52. The second-order valence-electron chi connectivity index (χ2n) is 6.42. The minimum atomic E-state index is -3.67. The van der Waals surface area contributed by atoms with Gasteiger partial charge in [-0.05, 0) is 44.2 Å². The summed E-state index contributed by atoms with van der Waals surface area (Å²) in [6, 6.07) is 10.4. The fourth-order valence-corrected chi connectivity index (χ4v) is 3.40. The Hall–Kier alpha value is -3.45. The summed E-state index contributed by atoms with van der Waals surface area (Å²) < 4.78 is 42.5. The van der Waals surface area contributed by atoms with Crippen molar-refractivity contribution in [3.63, 3.8) is 0 Å². The molecule has 0 aliphatic rings. The largest absolute Gasteiger partial charge is 0.490 e. The van der Waals surface area contributed by atoms with Crippen molar-refractivity contribution < 1.29 is 27.4 Å². The van der Waals surface area contributed by atoms with E-state index in [0.717, 1.165) is 6.26 Å². The number of nitrogens with one attached hydrogen (secondary N) is 2. The monoisotopic (exact) mass is 447 g/mol. The second kappa shape index (κ2) is 10.5. The van der Waals surface area contributed by atoms with E-state index >= 15 is 0 Å². The van der Waals surface area contributed by atoms with Gasteiger partial charge in [-0.3, -0.25) is 4.72 Å². The van der Waals surface area contributed by atoms with Crippen molar-refractivity contribution >= 4 is 27.4 Å². The molecule has 0 amide bonds. The number of carbonyl (C=O) groups excluding carboxylic acids is 1. The number of hydrogen-bond donors (Lipinski definition) is 2. The van der Waals surface area contributed by atoms with Crippen LogP contribution in [0.3, 0.4) is 0 Å². The molecule has 9 nitrogen and oxygen atoms in total. The average molecular weight is 448 g/mol. The molecule has 2 aromatic carbocycles. The topological polar surface area (TPSA) is 127 Å². The lowest BCUT2D eigenvalue weighted by Crippen LogP contribution is -2.24. The van der Waals surface area contributed by atoms with Crippen molar-refractivity contribution in [3.8, 4) is 17.6 Å². The van der Waals surface area contributed by atoms with Crippen LogP contribution in [0.4, 0.5) is 11.4 Å². The summed E-state index contributed by atoms with van der Waals surface area (Å²) in [6.07, 6.45) is 1.01. The summed E-state index contributed by atoms with van der Waals surface area (Å²) in [6.45, 7) is 4.26.